The van der Waals surface area contributed by atoms with Gasteiger partial charge in [0.2, 0.25) is 0 Å². The second-order valence-electron chi connectivity index (χ2n) is 3.39. The quantitative estimate of drug-likeness (QED) is 0.758. The molecule has 1 aromatic rings. The van der Waals surface area contributed by atoms with Crippen molar-refractivity contribution in [1.29, 1.82) is 0 Å². The van der Waals surface area contributed by atoms with Gasteiger partial charge in [0.15, 0.2) is 0 Å². The van der Waals surface area contributed by atoms with Gasteiger partial charge in [-0.1, -0.05) is 0 Å². The molecule has 0 aromatic carbocycles. The molecular weight excluding hydrogens is 168 g/mol. The average molecular weight is 182 g/mol. The van der Waals surface area contributed by atoms with Crippen LogP contribution in [0.25, 0.3) is 0 Å². The number of hydrogen-bond donors (Lipinski definition) is 1. The van der Waals surface area contributed by atoms with Crippen molar-refractivity contribution in [2.24, 2.45) is 0 Å². The van der Waals surface area contributed by atoms with Gasteiger partial charge in [-0.3, -0.25) is 19.4 Å². The van der Waals surface area contributed by atoms with Crippen molar-refractivity contribution >= 4 is 5.78 Å². The van der Waals surface area contributed by atoms with Gasteiger partial charge in [-0.05, 0) is 20.8 Å². The molecule has 72 valence electrons. The molecule has 0 radical (unpaired) electrons. The molecule has 0 aliphatic rings. The summed E-state index contributed by atoms with van der Waals surface area (Å²) in [6, 6.07) is 1.55. The summed E-state index contributed by atoms with van der Waals surface area (Å²) < 4.78 is 1.73. The van der Waals surface area contributed by atoms with Crippen molar-refractivity contribution in [2.45, 2.75) is 33.2 Å². The Morgan fingerprint density at radius 2 is 2.31 bits per heavy atom. The summed E-state index contributed by atoms with van der Waals surface area (Å²) >= 11 is 0. The second-order valence-corrected chi connectivity index (χ2v) is 3.39. The fourth-order valence-corrected chi connectivity index (χ4v) is 1.46. The third kappa shape index (κ3) is 2.31. The van der Waals surface area contributed by atoms with Gasteiger partial charge in [0, 0.05) is 18.2 Å². The number of aromatic amines is 1. The summed E-state index contributed by atoms with van der Waals surface area (Å²) in [6.07, 6.45) is 0.450. The van der Waals surface area contributed by atoms with Gasteiger partial charge >= 0.3 is 0 Å². The molecule has 4 heteroatoms. The van der Waals surface area contributed by atoms with Crippen LogP contribution in [0.3, 0.4) is 0 Å². The van der Waals surface area contributed by atoms with Crippen molar-refractivity contribution in [1.82, 2.24) is 9.78 Å². The summed E-state index contributed by atoms with van der Waals surface area (Å²) in [5, 5.41) is 2.66. The van der Waals surface area contributed by atoms with E-state index in [1.54, 1.807) is 11.6 Å². The van der Waals surface area contributed by atoms with Crippen LogP contribution in [0.2, 0.25) is 0 Å². The highest BCUT2D eigenvalue weighted by molar-refractivity contribution is 5.75. The van der Waals surface area contributed by atoms with Gasteiger partial charge < -0.3 is 0 Å². The lowest BCUT2D eigenvalue weighted by molar-refractivity contribution is -0.117. The van der Waals surface area contributed by atoms with Crippen LogP contribution < -0.4 is 5.56 Å². The lowest BCUT2D eigenvalue weighted by Gasteiger charge is -2.12. The van der Waals surface area contributed by atoms with Crippen LogP contribution in [0.15, 0.2) is 10.9 Å². The molecule has 0 spiro atoms. The number of aryl methyl sites for hydroxylation is 1. The van der Waals surface area contributed by atoms with Crippen LogP contribution in [0.4, 0.5) is 0 Å². The fourth-order valence-electron chi connectivity index (χ4n) is 1.46. The van der Waals surface area contributed by atoms with E-state index in [0.717, 1.165) is 5.69 Å². The average Bonchev–Trinajstić information content (AvgIpc) is 2.28. The second kappa shape index (κ2) is 3.60. The van der Waals surface area contributed by atoms with Gasteiger partial charge in [0.05, 0.1) is 6.04 Å². The summed E-state index contributed by atoms with van der Waals surface area (Å²) in [5.74, 6) is 0.126. The highest BCUT2D eigenvalue weighted by Gasteiger charge is 2.09. The molecule has 0 amide bonds. The molecule has 1 aromatic heterocycles. The number of nitrogens with one attached hydrogen (secondary N) is 1. The summed E-state index contributed by atoms with van der Waals surface area (Å²) in [7, 11) is 0. The standard InChI is InChI=1S/C9H14N2O2/c1-6(4-8(3)12)11-7(2)5-9(13)10-11/h5-6H,4H2,1-3H3,(H,10,13)/t6-/m1/s1. The van der Waals surface area contributed by atoms with Crippen molar-refractivity contribution in [3.8, 4) is 0 Å². The SMILES string of the molecule is CC(=O)C[C@@H](C)n1[nH]c(=O)cc1C. The van der Waals surface area contributed by atoms with E-state index in [2.05, 4.69) is 5.10 Å². The van der Waals surface area contributed by atoms with Gasteiger partial charge in [0.25, 0.3) is 5.56 Å². The zero-order chi connectivity index (χ0) is 10.0. The highest BCUT2D eigenvalue weighted by atomic mass is 16.1. The monoisotopic (exact) mass is 182 g/mol. The first-order chi connectivity index (χ1) is 6.00. The van der Waals surface area contributed by atoms with Crippen LogP contribution >= 0.6 is 0 Å². The van der Waals surface area contributed by atoms with E-state index in [4.69, 9.17) is 0 Å². The Morgan fingerprint density at radius 1 is 1.69 bits per heavy atom. The third-order valence-corrected chi connectivity index (χ3v) is 1.97. The minimum Gasteiger partial charge on any atom is -0.300 e. The number of carbonyl (C=O) groups is 1. The van der Waals surface area contributed by atoms with E-state index in [9.17, 15) is 9.59 Å². The smallest absolute Gasteiger partial charge is 0.264 e. The number of Topliss-reactive ketones (excluding diaryl/α,β-unsaturated/α-hetero) is 1. The number of hydrogen-bond acceptors (Lipinski definition) is 2. The Labute approximate surface area is 76.6 Å². The first-order valence-electron chi connectivity index (χ1n) is 4.28. The van der Waals surface area contributed by atoms with Crippen LogP contribution in [-0.4, -0.2) is 15.6 Å². The van der Waals surface area contributed by atoms with Crippen molar-refractivity contribution in [3.63, 3.8) is 0 Å². The molecule has 0 bridgehead atoms. The number of carbonyl (C=O) groups excluding carboxylic acids is 1. The van der Waals surface area contributed by atoms with Gasteiger partial charge in [0.1, 0.15) is 5.78 Å². The lowest BCUT2D eigenvalue weighted by atomic mass is 10.2. The fraction of sp³-hybridized carbons (Fsp3) is 0.556. The predicted octanol–water partition coefficient (Wildman–Crippen LogP) is 1.02. The van der Waals surface area contributed by atoms with E-state index >= 15 is 0 Å². The summed E-state index contributed by atoms with van der Waals surface area (Å²) in [5.41, 5.74) is 0.742. The molecule has 0 aliphatic heterocycles. The molecule has 0 saturated carbocycles. The molecule has 13 heavy (non-hydrogen) atoms. The number of rotatable bonds is 3. The maximum Gasteiger partial charge on any atom is 0.264 e. The number of ketones is 1. The molecule has 0 unspecified atom stereocenters. The Morgan fingerprint density at radius 3 is 2.69 bits per heavy atom. The number of nitrogens with zero attached hydrogens (tertiary/aromatic N) is 1. The zero-order valence-electron chi connectivity index (χ0n) is 8.13. The van der Waals surface area contributed by atoms with E-state index in [-0.39, 0.29) is 17.4 Å². The topological polar surface area (TPSA) is 54.9 Å². The number of aromatic nitrogens is 2. The van der Waals surface area contributed by atoms with Crippen molar-refractivity contribution in [3.05, 3.63) is 22.1 Å². The minimum atomic E-state index is -0.118. The Kier molecular flexibility index (Phi) is 2.70. The molecule has 1 heterocycles. The molecule has 1 atom stereocenters. The minimum absolute atomic E-state index is 0.0280. The molecule has 0 saturated heterocycles. The van der Waals surface area contributed by atoms with Crippen molar-refractivity contribution in [2.75, 3.05) is 0 Å². The van der Waals surface area contributed by atoms with E-state index < -0.39 is 0 Å². The molecule has 1 N–H and O–H groups in total. The van der Waals surface area contributed by atoms with Gasteiger partial charge in [-0.2, -0.15) is 0 Å². The van der Waals surface area contributed by atoms with Gasteiger partial charge in [-0.25, -0.2) is 0 Å². The van der Waals surface area contributed by atoms with Crippen LogP contribution in [-0.2, 0) is 4.79 Å². The van der Waals surface area contributed by atoms with Crippen LogP contribution in [0, 0.1) is 6.92 Å². The molecular formula is C9H14N2O2. The Hall–Kier alpha value is -1.32. The number of H-pyrrole nitrogens is 1. The molecule has 1 rings (SSSR count). The maximum atomic E-state index is 10.9. The molecule has 0 fully saturated rings. The van der Waals surface area contributed by atoms with Crippen LogP contribution in [0.1, 0.15) is 32.0 Å². The largest absolute Gasteiger partial charge is 0.300 e. The molecule has 4 nitrogen and oxygen atoms in total. The molecule has 0 aliphatic carbocycles. The lowest BCUT2D eigenvalue weighted by Crippen LogP contribution is -2.14. The Balaban J connectivity index is 2.88. The highest BCUT2D eigenvalue weighted by Crippen LogP contribution is 2.10. The van der Waals surface area contributed by atoms with E-state index in [1.807, 2.05) is 13.8 Å². The normalized spacial score (nSPS) is 12.8. The van der Waals surface area contributed by atoms with E-state index in [1.165, 1.54) is 6.07 Å². The van der Waals surface area contributed by atoms with Crippen molar-refractivity contribution < 1.29 is 4.79 Å². The predicted molar refractivity (Wildman–Crippen MR) is 49.8 cm³/mol. The zero-order valence-corrected chi connectivity index (χ0v) is 8.13. The Bertz CT molecular complexity index is 362. The first-order valence-corrected chi connectivity index (χ1v) is 4.28. The van der Waals surface area contributed by atoms with Gasteiger partial charge in [-0.15, -0.1) is 0 Å². The first kappa shape index (κ1) is 9.77. The van der Waals surface area contributed by atoms with E-state index in [0.29, 0.717) is 6.42 Å². The summed E-state index contributed by atoms with van der Waals surface area (Å²) in [4.78, 5) is 21.8. The van der Waals surface area contributed by atoms with Crippen LogP contribution in [0.5, 0.6) is 0 Å². The third-order valence-electron chi connectivity index (χ3n) is 1.97. The summed E-state index contributed by atoms with van der Waals surface area (Å²) in [6.45, 7) is 5.30. The maximum absolute atomic E-state index is 10.9.